The van der Waals surface area contributed by atoms with Crippen LogP contribution < -0.4 is 10.6 Å². The molecule has 0 aromatic heterocycles. The molecule has 0 saturated carbocycles. The van der Waals surface area contributed by atoms with Gasteiger partial charge >= 0.3 is 0 Å². The fourth-order valence-electron chi connectivity index (χ4n) is 4.18. The van der Waals surface area contributed by atoms with Crippen LogP contribution in [-0.4, -0.2) is 87.0 Å². The van der Waals surface area contributed by atoms with Crippen LogP contribution in [0.1, 0.15) is 31.9 Å². The zero-order chi connectivity index (χ0) is 21.2. The lowest BCUT2D eigenvalue weighted by Gasteiger charge is -2.35. The highest BCUT2D eigenvalue weighted by atomic mass is 127. The predicted octanol–water partition coefficient (Wildman–Crippen LogP) is 2.30. The SMILES string of the molecule is CCNC(=NCc1ccccc1CN1CC(C)OC(C)C1)NCCN1CCOCC1.I. The van der Waals surface area contributed by atoms with Gasteiger partial charge in [-0.2, -0.15) is 0 Å². The van der Waals surface area contributed by atoms with Crippen molar-refractivity contribution < 1.29 is 9.47 Å². The average Bonchev–Trinajstić information content (AvgIpc) is 2.73. The Hall–Kier alpha value is -0.940. The lowest BCUT2D eigenvalue weighted by molar-refractivity contribution is -0.0705. The van der Waals surface area contributed by atoms with Gasteiger partial charge in [-0.15, -0.1) is 24.0 Å². The van der Waals surface area contributed by atoms with Crippen LogP contribution in [0.15, 0.2) is 29.3 Å². The first-order chi connectivity index (χ1) is 14.6. The van der Waals surface area contributed by atoms with E-state index in [0.29, 0.717) is 6.54 Å². The third-order valence-corrected chi connectivity index (χ3v) is 5.58. The minimum Gasteiger partial charge on any atom is -0.379 e. The fraction of sp³-hybridized carbons (Fsp3) is 0.696. The molecule has 2 atom stereocenters. The van der Waals surface area contributed by atoms with Crippen LogP contribution in [0.5, 0.6) is 0 Å². The lowest BCUT2D eigenvalue weighted by atomic mass is 10.1. The van der Waals surface area contributed by atoms with Gasteiger partial charge in [-0.1, -0.05) is 24.3 Å². The highest BCUT2D eigenvalue weighted by Gasteiger charge is 2.22. The first-order valence-electron chi connectivity index (χ1n) is 11.4. The van der Waals surface area contributed by atoms with Crippen molar-refractivity contribution in [3.8, 4) is 0 Å². The van der Waals surface area contributed by atoms with Crippen molar-refractivity contribution in [3.63, 3.8) is 0 Å². The maximum absolute atomic E-state index is 5.88. The highest BCUT2D eigenvalue weighted by molar-refractivity contribution is 14.0. The molecule has 31 heavy (non-hydrogen) atoms. The van der Waals surface area contributed by atoms with E-state index in [9.17, 15) is 0 Å². The van der Waals surface area contributed by atoms with E-state index in [1.807, 2.05) is 0 Å². The Kier molecular flexibility index (Phi) is 12.1. The maximum atomic E-state index is 5.88. The number of aliphatic imine (C=N–C) groups is 1. The molecule has 1 aromatic rings. The van der Waals surface area contributed by atoms with Crippen molar-refractivity contribution in [1.29, 1.82) is 0 Å². The van der Waals surface area contributed by atoms with Gasteiger partial charge in [0.25, 0.3) is 0 Å². The molecule has 1 aromatic carbocycles. The number of guanidine groups is 1. The molecule has 0 radical (unpaired) electrons. The van der Waals surface area contributed by atoms with Gasteiger partial charge in [-0.05, 0) is 31.9 Å². The van der Waals surface area contributed by atoms with E-state index in [2.05, 4.69) is 65.5 Å². The molecule has 0 aliphatic carbocycles. The molecule has 2 fully saturated rings. The summed E-state index contributed by atoms with van der Waals surface area (Å²) < 4.78 is 11.3. The van der Waals surface area contributed by atoms with Crippen molar-refractivity contribution in [1.82, 2.24) is 20.4 Å². The molecule has 2 N–H and O–H groups in total. The van der Waals surface area contributed by atoms with Gasteiger partial charge in [0.1, 0.15) is 0 Å². The standard InChI is InChI=1S/C23H39N5O2.HI/c1-4-24-23(25-9-10-27-11-13-29-14-12-27)26-15-21-7-5-6-8-22(21)18-28-16-19(2)30-20(3)17-28;/h5-8,19-20H,4,9-18H2,1-3H3,(H2,24,25,26);1H. The number of hydrogen-bond donors (Lipinski definition) is 2. The van der Waals surface area contributed by atoms with E-state index in [4.69, 9.17) is 14.5 Å². The molecule has 2 heterocycles. The van der Waals surface area contributed by atoms with Gasteiger partial charge in [0.05, 0.1) is 32.0 Å². The van der Waals surface area contributed by atoms with Crippen LogP contribution >= 0.6 is 24.0 Å². The smallest absolute Gasteiger partial charge is 0.191 e. The summed E-state index contributed by atoms with van der Waals surface area (Å²) in [7, 11) is 0. The number of halogens is 1. The normalized spacial score (nSPS) is 23.3. The molecule has 2 aliphatic rings. The quantitative estimate of drug-likeness (QED) is 0.297. The Morgan fingerprint density at radius 1 is 1.03 bits per heavy atom. The second-order valence-electron chi connectivity index (χ2n) is 8.30. The summed E-state index contributed by atoms with van der Waals surface area (Å²) in [4.78, 5) is 9.78. The Morgan fingerprint density at radius 2 is 1.71 bits per heavy atom. The summed E-state index contributed by atoms with van der Waals surface area (Å²) in [6, 6.07) is 8.66. The molecule has 2 saturated heterocycles. The summed E-state index contributed by atoms with van der Waals surface area (Å²) >= 11 is 0. The Labute approximate surface area is 205 Å². The Balaban J connectivity index is 0.00000341. The van der Waals surface area contributed by atoms with E-state index in [-0.39, 0.29) is 36.2 Å². The van der Waals surface area contributed by atoms with Crippen molar-refractivity contribution >= 4 is 29.9 Å². The molecule has 176 valence electrons. The molecule has 2 unspecified atom stereocenters. The van der Waals surface area contributed by atoms with E-state index in [1.54, 1.807) is 0 Å². The van der Waals surface area contributed by atoms with E-state index in [1.165, 1.54) is 11.1 Å². The summed E-state index contributed by atoms with van der Waals surface area (Å²) in [5.74, 6) is 0.883. The number of ether oxygens (including phenoxy) is 2. The molecule has 3 rings (SSSR count). The van der Waals surface area contributed by atoms with E-state index >= 15 is 0 Å². The molecule has 0 spiro atoms. The van der Waals surface area contributed by atoms with Crippen LogP contribution in [-0.2, 0) is 22.6 Å². The Morgan fingerprint density at radius 3 is 2.39 bits per heavy atom. The third-order valence-electron chi connectivity index (χ3n) is 5.58. The molecule has 7 nitrogen and oxygen atoms in total. The fourth-order valence-corrected chi connectivity index (χ4v) is 4.18. The average molecular weight is 546 g/mol. The molecule has 8 heteroatoms. The molecule has 0 amide bonds. The zero-order valence-corrected chi connectivity index (χ0v) is 21.6. The van der Waals surface area contributed by atoms with Gasteiger partial charge < -0.3 is 20.1 Å². The first-order valence-corrected chi connectivity index (χ1v) is 11.4. The number of benzene rings is 1. The van der Waals surface area contributed by atoms with Gasteiger partial charge in [-0.3, -0.25) is 9.80 Å². The van der Waals surface area contributed by atoms with Gasteiger partial charge in [0, 0.05) is 52.4 Å². The summed E-state index contributed by atoms with van der Waals surface area (Å²) in [6.07, 6.45) is 0.574. The number of nitrogens with zero attached hydrogens (tertiary/aromatic N) is 3. The van der Waals surface area contributed by atoms with Crippen LogP contribution in [0.2, 0.25) is 0 Å². The number of hydrogen-bond acceptors (Lipinski definition) is 5. The Bertz CT molecular complexity index is 659. The third kappa shape index (κ3) is 9.21. The number of morpholine rings is 2. The van der Waals surface area contributed by atoms with Gasteiger partial charge in [0.2, 0.25) is 0 Å². The van der Waals surface area contributed by atoms with Crippen molar-refractivity contribution in [3.05, 3.63) is 35.4 Å². The lowest BCUT2D eigenvalue weighted by Crippen LogP contribution is -2.45. The van der Waals surface area contributed by atoms with E-state index in [0.717, 1.165) is 71.5 Å². The summed E-state index contributed by atoms with van der Waals surface area (Å²) in [5, 5.41) is 6.85. The van der Waals surface area contributed by atoms with Crippen LogP contribution in [0.25, 0.3) is 0 Å². The summed E-state index contributed by atoms with van der Waals surface area (Å²) in [5.41, 5.74) is 2.64. The summed E-state index contributed by atoms with van der Waals surface area (Å²) in [6.45, 7) is 16.5. The maximum Gasteiger partial charge on any atom is 0.191 e. The highest BCUT2D eigenvalue weighted by Crippen LogP contribution is 2.17. The van der Waals surface area contributed by atoms with Crippen molar-refractivity contribution in [2.75, 3.05) is 59.0 Å². The minimum atomic E-state index is 0. The first kappa shape index (κ1) is 26.3. The van der Waals surface area contributed by atoms with E-state index < -0.39 is 0 Å². The van der Waals surface area contributed by atoms with Gasteiger partial charge in [0.15, 0.2) is 5.96 Å². The molecular formula is C23H40IN5O2. The predicted molar refractivity (Wildman–Crippen MR) is 137 cm³/mol. The van der Waals surface area contributed by atoms with Crippen LogP contribution in [0, 0.1) is 0 Å². The number of nitrogens with one attached hydrogen (secondary N) is 2. The second-order valence-corrected chi connectivity index (χ2v) is 8.30. The van der Waals surface area contributed by atoms with Crippen LogP contribution in [0.3, 0.4) is 0 Å². The van der Waals surface area contributed by atoms with Crippen LogP contribution in [0.4, 0.5) is 0 Å². The second kappa shape index (κ2) is 14.3. The van der Waals surface area contributed by atoms with Crippen molar-refractivity contribution in [2.24, 2.45) is 4.99 Å². The largest absolute Gasteiger partial charge is 0.379 e. The minimum absolute atomic E-state index is 0. The molecule has 2 aliphatic heterocycles. The topological polar surface area (TPSA) is 61.4 Å². The molecular weight excluding hydrogens is 505 g/mol. The zero-order valence-electron chi connectivity index (χ0n) is 19.3. The van der Waals surface area contributed by atoms with Crippen molar-refractivity contribution in [2.45, 2.75) is 46.1 Å². The van der Waals surface area contributed by atoms with Gasteiger partial charge in [-0.25, -0.2) is 4.99 Å². The molecule has 0 bridgehead atoms. The monoisotopic (exact) mass is 545 g/mol. The number of rotatable bonds is 8.